The van der Waals surface area contributed by atoms with Crippen molar-refractivity contribution in [3.63, 3.8) is 0 Å². The second-order valence-electron chi connectivity index (χ2n) is 4.58. The van der Waals surface area contributed by atoms with Gasteiger partial charge in [-0.1, -0.05) is 6.92 Å². The van der Waals surface area contributed by atoms with Crippen LogP contribution in [0.15, 0.2) is 24.3 Å². The first kappa shape index (κ1) is 13.2. The van der Waals surface area contributed by atoms with Crippen LogP contribution in [0.2, 0.25) is 0 Å². The summed E-state index contributed by atoms with van der Waals surface area (Å²) in [4.78, 5) is 5.82. The van der Waals surface area contributed by atoms with Crippen molar-refractivity contribution in [3.05, 3.63) is 40.7 Å². The fourth-order valence-electron chi connectivity index (χ4n) is 1.73. The maximum atomic E-state index is 12.9. The molecule has 0 aliphatic rings. The number of aromatic nitrogens is 1. The Bertz CT molecular complexity index is 519. The van der Waals surface area contributed by atoms with Crippen molar-refractivity contribution in [2.45, 2.75) is 20.3 Å². The summed E-state index contributed by atoms with van der Waals surface area (Å²) in [5.74, 6) is 0.245. The highest BCUT2D eigenvalue weighted by atomic mass is 32.1. The van der Waals surface area contributed by atoms with Crippen LogP contribution < -0.4 is 5.73 Å². The Kier molecular flexibility index (Phi) is 4.09. The zero-order chi connectivity index (χ0) is 13.1. The van der Waals surface area contributed by atoms with Gasteiger partial charge in [0.15, 0.2) is 0 Å². The number of nitrogens with zero attached hydrogens (tertiary/aromatic N) is 1. The van der Waals surface area contributed by atoms with Crippen LogP contribution in [0.5, 0.6) is 0 Å². The van der Waals surface area contributed by atoms with E-state index in [9.17, 15) is 4.39 Å². The van der Waals surface area contributed by atoms with Gasteiger partial charge in [-0.15, -0.1) is 11.3 Å². The van der Waals surface area contributed by atoms with Crippen molar-refractivity contribution in [1.82, 2.24) is 4.98 Å². The predicted molar refractivity (Wildman–Crippen MR) is 74.2 cm³/mol. The molecule has 2 rings (SSSR count). The van der Waals surface area contributed by atoms with Crippen LogP contribution in [0.4, 0.5) is 4.39 Å². The van der Waals surface area contributed by atoms with E-state index in [-0.39, 0.29) is 5.82 Å². The molecule has 0 fully saturated rings. The van der Waals surface area contributed by atoms with Crippen molar-refractivity contribution < 1.29 is 4.39 Å². The lowest BCUT2D eigenvalue weighted by molar-refractivity contribution is 0.596. The molecule has 0 spiro atoms. The first-order valence-electron chi connectivity index (χ1n) is 6.02. The Morgan fingerprint density at radius 1 is 1.33 bits per heavy atom. The van der Waals surface area contributed by atoms with Crippen molar-refractivity contribution in [2.75, 3.05) is 6.54 Å². The van der Waals surface area contributed by atoms with Crippen LogP contribution in [0.1, 0.15) is 17.5 Å². The molecule has 2 aromatic rings. The molecule has 2 nitrogen and oxygen atoms in total. The lowest BCUT2D eigenvalue weighted by atomic mass is 10.1. The van der Waals surface area contributed by atoms with Crippen LogP contribution in [0, 0.1) is 18.7 Å². The molecular weight excluding hydrogens is 247 g/mol. The van der Waals surface area contributed by atoms with E-state index in [2.05, 4.69) is 11.9 Å². The molecule has 4 heteroatoms. The molecule has 0 saturated heterocycles. The van der Waals surface area contributed by atoms with Gasteiger partial charge in [0.2, 0.25) is 0 Å². The van der Waals surface area contributed by atoms with Gasteiger partial charge in [-0.05, 0) is 50.1 Å². The zero-order valence-electron chi connectivity index (χ0n) is 10.6. The molecule has 1 atom stereocenters. The molecule has 1 aromatic carbocycles. The molecule has 0 amide bonds. The summed E-state index contributed by atoms with van der Waals surface area (Å²) < 4.78 is 12.9. The minimum atomic E-state index is -0.219. The quantitative estimate of drug-likeness (QED) is 0.919. The van der Waals surface area contributed by atoms with E-state index in [0.717, 1.165) is 22.7 Å². The van der Waals surface area contributed by atoms with Gasteiger partial charge in [-0.3, -0.25) is 0 Å². The third-order valence-corrected chi connectivity index (χ3v) is 4.15. The number of nitrogens with two attached hydrogens (primary N) is 1. The fraction of sp³-hybridized carbons (Fsp3) is 0.357. The minimum Gasteiger partial charge on any atom is -0.330 e. The second-order valence-corrected chi connectivity index (χ2v) is 5.66. The summed E-state index contributed by atoms with van der Waals surface area (Å²) in [5, 5.41) is 0.951. The lowest BCUT2D eigenvalue weighted by Gasteiger charge is -2.05. The molecule has 1 heterocycles. The minimum absolute atomic E-state index is 0.219. The molecule has 0 aliphatic heterocycles. The van der Waals surface area contributed by atoms with E-state index >= 15 is 0 Å². The molecule has 1 aromatic heterocycles. The zero-order valence-corrected chi connectivity index (χ0v) is 11.4. The van der Waals surface area contributed by atoms with E-state index in [1.54, 1.807) is 23.5 Å². The van der Waals surface area contributed by atoms with Gasteiger partial charge < -0.3 is 5.73 Å². The average Bonchev–Trinajstić information content (AvgIpc) is 2.71. The monoisotopic (exact) mass is 264 g/mol. The largest absolute Gasteiger partial charge is 0.330 e. The predicted octanol–water partition coefficient (Wildman–Crippen LogP) is 3.39. The summed E-state index contributed by atoms with van der Waals surface area (Å²) in [7, 11) is 0. The summed E-state index contributed by atoms with van der Waals surface area (Å²) in [6, 6.07) is 6.47. The first-order chi connectivity index (χ1) is 8.60. The number of hydrogen-bond donors (Lipinski definition) is 1. The van der Waals surface area contributed by atoms with Gasteiger partial charge >= 0.3 is 0 Å². The molecule has 0 radical (unpaired) electrons. The van der Waals surface area contributed by atoms with Crippen molar-refractivity contribution in [2.24, 2.45) is 11.7 Å². The smallest absolute Gasteiger partial charge is 0.123 e. The third kappa shape index (κ3) is 2.94. The fourth-order valence-corrected chi connectivity index (χ4v) is 2.96. The normalized spacial score (nSPS) is 12.7. The molecule has 1 unspecified atom stereocenters. The van der Waals surface area contributed by atoms with Gasteiger partial charge in [0.1, 0.15) is 10.8 Å². The SMILES string of the molecule is Cc1nc(-c2ccc(F)cc2)sc1CC(C)CN. The number of halogens is 1. The second kappa shape index (κ2) is 5.59. The van der Waals surface area contributed by atoms with Gasteiger partial charge in [-0.2, -0.15) is 0 Å². The highest BCUT2D eigenvalue weighted by Crippen LogP contribution is 2.29. The Labute approximate surface area is 111 Å². The van der Waals surface area contributed by atoms with Crippen molar-refractivity contribution >= 4 is 11.3 Å². The van der Waals surface area contributed by atoms with Crippen molar-refractivity contribution in [1.29, 1.82) is 0 Å². The maximum Gasteiger partial charge on any atom is 0.123 e. The Morgan fingerprint density at radius 3 is 2.61 bits per heavy atom. The summed E-state index contributed by atoms with van der Waals surface area (Å²) in [6.45, 7) is 4.84. The van der Waals surface area contributed by atoms with Crippen molar-refractivity contribution in [3.8, 4) is 10.6 Å². The number of aryl methyl sites for hydroxylation is 1. The Hall–Kier alpha value is -1.26. The summed E-state index contributed by atoms with van der Waals surface area (Å²) in [6.07, 6.45) is 0.960. The molecule has 96 valence electrons. The molecule has 0 saturated carbocycles. The topological polar surface area (TPSA) is 38.9 Å². The standard InChI is InChI=1S/C14H17FN2S/c1-9(8-16)7-13-10(2)17-14(18-13)11-3-5-12(15)6-4-11/h3-6,9H,7-8,16H2,1-2H3. The Balaban J connectivity index is 2.25. The van der Waals surface area contributed by atoms with Crippen LogP contribution in [-0.2, 0) is 6.42 Å². The Morgan fingerprint density at radius 2 is 2.00 bits per heavy atom. The van der Waals surface area contributed by atoms with Gasteiger partial charge in [0.05, 0.1) is 5.69 Å². The van der Waals surface area contributed by atoms with E-state index in [1.807, 2.05) is 6.92 Å². The van der Waals surface area contributed by atoms with E-state index in [1.165, 1.54) is 17.0 Å². The lowest BCUT2D eigenvalue weighted by Crippen LogP contribution is -2.12. The first-order valence-corrected chi connectivity index (χ1v) is 6.84. The van der Waals surface area contributed by atoms with Gasteiger partial charge in [0.25, 0.3) is 0 Å². The molecule has 2 N–H and O–H groups in total. The van der Waals surface area contributed by atoms with E-state index in [4.69, 9.17) is 5.73 Å². The third-order valence-electron chi connectivity index (χ3n) is 2.92. The number of hydrogen-bond acceptors (Lipinski definition) is 3. The van der Waals surface area contributed by atoms with Crippen LogP contribution in [-0.4, -0.2) is 11.5 Å². The van der Waals surface area contributed by atoms with Gasteiger partial charge in [-0.25, -0.2) is 9.37 Å². The van der Waals surface area contributed by atoms with E-state index in [0.29, 0.717) is 12.5 Å². The van der Waals surface area contributed by atoms with Crippen LogP contribution in [0.3, 0.4) is 0 Å². The molecular formula is C14H17FN2S. The number of benzene rings is 1. The average molecular weight is 264 g/mol. The van der Waals surface area contributed by atoms with Gasteiger partial charge in [0, 0.05) is 10.4 Å². The van der Waals surface area contributed by atoms with Crippen LogP contribution >= 0.6 is 11.3 Å². The molecule has 18 heavy (non-hydrogen) atoms. The maximum absolute atomic E-state index is 12.9. The summed E-state index contributed by atoms with van der Waals surface area (Å²) >= 11 is 1.67. The number of thiazole rings is 1. The highest BCUT2D eigenvalue weighted by molar-refractivity contribution is 7.15. The molecule has 0 aliphatic carbocycles. The van der Waals surface area contributed by atoms with Crippen LogP contribution in [0.25, 0.3) is 10.6 Å². The molecule has 0 bridgehead atoms. The summed E-state index contributed by atoms with van der Waals surface area (Å²) in [5.41, 5.74) is 7.67. The number of rotatable bonds is 4. The highest BCUT2D eigenvalue weighted by Gasteiger charge is 2.11. The van der Waals surface area contributed by atoms with E-state index < -0.39 is 0 Å².